The van der Waals surface area contributed by atoms with E-state index in [9.17, 15) is 9.90 Å². The number of ether oxygens (including phenoxy) is 6. The standard InChI is InChI=1S/C27H30O8/c1-5-33-27(29)26(35-21-14-10-9-13-20(21)30-2)24(28)19-15-22(31-3)25(23(16-19)32-4)34-17-18-11-7-6-8-12-18/h6-16,24,26,28H,5,17H2,1-4H3/t24-,26-/m1/s1. The average molecular weight is 483 g/mol. The molecular formula is C27H30O8. The minimum absolute atomic E-state index is 0.121. The van der Waals surface area contributed by atoms with Crippen LogP contribution in [0.25, 0.3) is 0 Å². The Morgan fingerprint density at radius 3 is 1.97 bits per heavy atom. The Kier molecular flexibility index (Phi) is 9.20. The molecule has 8 nitrogen and oxygen atoms in total. The molecule has 0 aliphatic heterocycles. The maximum Gasteiger partial charge on any atom is 0.350 e. The van der Waals surface area contributed by atoms with Crippen molar-refractivity contribution in [3.63, 3.8) is 0 Å². The fraction of sp³-hybridized carbons (Fsp3) is 0.296. The van der Waals surface area contributed by atoms with Gasteiger partial charge in [0.2, 0.25) is 11.9 Å². The smallest absolute Gasteiger partial charge is 0.350 e. The number of benzene rings is 3. The Labute approximate surface area is 204 Å². The molecule has 0 spiro atoms. The van der Waals surface area contributed by atoms with Crippen molar-refractivity contribution >= 4 is 5.97 Å². The fourth-order valence-electron chi connectivity index (χ4n) is 3.44. The number of methoxy groups -OCH3 is 3. The van der Waals surface area contributed by atoms with E-state index in [2.05, 4.69) is 0 Å². The molecule has 8 heteroatoms. The molecule has 2 atom stereocenters. The van der Waals surface area contributed by atoms with Gasteiger partial charge < -0.3 is 33.5 Å². The van der Waals surface area contributed by atoms with Crippen LogP contribution in [0.1, 0.15) is 24.2 Å². The Morgan fingerprint density at radius 2 is 1.40 bits per heavy atom. The van der Waals surface area contributed by atoms with Gasteiger partial charge in [-0.3, -0.25) is 0 Å². The van der Waals surface area contributed by atoms with Crippen molar-refractivity contribution in [1.29, 1.82) is 0 Å². The molecule has 35 heavy (non-hydrogen) atoms. The van der Waals surface area contributed by atoms with Crippen LogP contribution in [0, 0.1) is 0 Å². The number of aliphatic hydroxyl groups is 1. The lowest BCUT2D eigenvalue weighted by Crippen LogP contribution is -2.35. The average Bonchev–Trinajstić information content (AvgIpc) is 2.90. The molecule has 3 rings (SSSR count). The highest BCUT2D eigenvalue weighted by molar-refractivity contribution is 5.76. The van der Waals surface area contributed by atoms with E-state index in [0.717, 1.165) is 5.56 Å². The Balaban J connectivity index is 1.94. The summed E-state index contributed by atoms with van der Waals surface area (Å²) in [5, 5.41) is 11.2. The number of hydrogen-bond donors (Lipinski definition) is 1. The van der Waals surface area contributed by atoms with Crippen LogP contribution < -0.4 is 23.7 Å². The lowest BCUT2D eigenvalue weighted by molar-refractivity contribution is -0.157. The second-order valence-corrected chi connectivity index (χ2v) is 7.42. The van der Waals surface area contributed by atoms with Gasteiger partial charge in [-0.25, -0.2) is 4.79 Å². The van der Waals surface area contributed by atoms with E-state index in [1.54, 1.807) is 43.3 Å². The number of rotatable bonds is 12. The van der Waals surface area contributed by atoms with Crippen LogP contribution in [0.2, 0.25) is 0 Å². The second-order valence-electron chi connectivity index (χ2n) is 7.42. The molecule has 0 radical (unpaired) electrons. The van der Waals surface area contributed by atoms with E-state index in [-0.39, 0.29) is 19.0 Å². The molecule has 0 unspecified atom stereocenters. The quantitative estimate of drug-likeness (QED) is 0.381. The molecular weight excluding hydrogens is 452 g/mol. The van der Waals surface area contributed by atoms with E-state index in [1.165, 1.54) is 21.3 Å². The summed E-state index contributed by atoms with van der Waals surface area (Å²) in [5.74, 6) is 0.993. The largest absolute Gasteiger partial charge is 0.493 e. The molecule has 0 aromatic heterocycles. The summed E-state index contributed by atoms with van der Waals surface area (Å²) in [6, 6.07) is 19.6. The number of hydrogen-bond acceptors (Lipinski definition) is 8. The molecule has 186 valence electrons. The van der Waals surface area contributed by atoms with E-state index < -0.39 is 18.2 Å². The lowest BCUT2D eigenvalue weighted by atomic mass is 10.0. The van der Waals surface area contributed by atoms with Crippen molar-refractivity contribution in [3.8, 4) is 28.7 Å². The van der Waals surface area contributed by atoms with Gasteiger partial charge in [0.25, 0.3) is 0 Å². The normalized spacial score (nSPS) is 12.3. The van der Waals surface area contributed by atoms with Crippen molar-refractivity contribution in [3.05, 3.63) is 77.9 Å². The minimum atomic E-state index is -1.41. The zero-order valence-electron chi connectivity index (χ0n) is 20.2. The van der Waals surface area contributed by atoms with Crippen LogP contribution in [0.15, 0.2) is 66.7 Å². The highest BCUT2D eigenvalue weighted by atomic mass is 16.6. The summed E-state index contributed by atoms with van der Waals surface area (Å²) in [6.45, 7) is 2.09. The molecule has 0 heterocycles. The first-order valence-corrected chi connectivity index (χ1v) is 11.1. The maximum atomic E-state index is 12.8. The van der Waals surface area contributed by atoms with E-state index in [4.69, 9.17) is 28.4 Å². The summed E-state index contributed by atoms with van der Waals surface area (Å²) in [7, 11) is 4.45. The lowest BCUT2D eigenvalue weighted by Gasteiger charge is -2.25. The van der Waals surface area contributed by atoms with Crippen LogP contribution in [0.4, 0.5) is 0 Å². The molecule has 1 N–H and O–H groups in total. The molecule has 0 aliphatic carbocycles. The fourth-order valence-corrected chi connectivity index (χ4v) is 3.44. The van der Waals surface area contributed by atoms with Crippen LogP contribution in [-0.2, 0) is 16.1 Å². The van der Waals surface area contributed by atoms with Crippen molar-refractivity contribution in [2.75, 3.05) is 27.9 Å². The zero-order chi connectivity index (χ0) is 25.2. The number of carbonyl (C=O) groups is 1. The molecule has 3 aromatic rings. The van der Waals surface area contributed by atoms with Gasteiger partial charge in [-0.05, 0) is 42.3 Å². The van der Waals surface area contributed by atoms with E-state index in [0.29, 0.717) is 28.6 Å². The van der Waals surface area contributed by atoms with Crippen LogP contribution in [0.5, 0.6) is 28.7 Å². The Morgan fingerprint density at radius 1 is 0.829 bits per heavy atom. The van der Waals surface area contributed by atoms with Gasteiger partial charge in [-0.15, -0.1) is 0 Å². The van der Waals surface area contributed by atoms with Crippen LogP contribution in [-0.4, -0.2) is 45.1 Å². The zero-order valence-corrected chi connectivity index (χ0v) is 20.2. The van der Waals surface area contributed by atoms with E-state index in [1.807, 2.05) is 30.3 Å². The summed E-state index contributed by atoms with van der Waals surface area (Å²) >= 11 is 0. The van der Waals surface area contributed by atoms with Gasteiger partial charge >= 0.3 is 5.97 Å². The third-order valence-corrected chi connectivity index (χ3v) is 5.18. The van der Waals surface area contributed by atoms with Gasteiger partial charge in [0.05, 0.1) is 27.9 Å². The molecule has 0 amide bonds. The Bertz CT molecular complexity index is 1070. The highest BCUT2D eigenvalue weighted by Crippen LogP contribution is 2.41. The first kappa shape index (κ1) is 25.7. The maximum absolute atomic E-state index is 12.8. The van der Waals surface area contributed by atoms with Gasteiger partial charge in [0.15, 0.2) is 23.0 Å². The molecule has 3 aromatic carbocycles. The van der Waals surface area contributed by atoms with Crippen molar-refractivity contribution in [1.82, 2.24) is 0 Å². The third-order valence-electron chi connectivity index (χ3n) is 5.18. The SMILES string of the molecule is CCOC(=O)[C@H](Oc1ccccc1OC)[C@H](O)c1cc(OC)c(OCc2ccccc2)c(OC)c1. The molecule has 0 saturated carbocycles. The third kappa shape index (κ3) is 6.36. The number of carbonyl (C=O) groups excluding carboxylic acids is 1. The second kappa shape index (κ2) is 12.5. The molecule has 0 saturated heterocycles. The molecule has 0 fully saturated rings. The first-order valence-electron chi connectivity index (χ1n) is 11.1. The molecule has 0 bridgehead atoms. The van der Waals surface area contributed by atoms with Crippen molar-refractivity contribution < 1.29 is 38.3 Å². The predicted molar refractivity (Wildman–Crippen MR) is 129 cm³/mol. The van der Waals surface area contributed by atoms with Crippen molar-refractivity contribution in [2.45, 2.75) is 25.7 Å². The van der Waals surface area contributed by atoms with Gasteiger partial charge in [0, 0.05) is 0 Å². The summed E-state index contributed by atoms with van der Waals surface area (Å²) < 4.78 is 33.4. The summed E-state index contributed by atoms with van der Waals surface area (Å²) in [5.41, 5.74) is 1.28. The summed E-state index contributed by atoms with van der Waals surface area (Å²) in [6.07, 6.45) is -2.79. The van der Waals surface area contributed by atoms with Gasteiger partial charge in [0.1, 0.15) is 12.7 Å². The number of aliphatic hydroxyl groups excluding tert-OH is 1. The minimum Gasteiger partial charge on any atom is -0.493 e. The van der Waals surface area contributed by atoms with Crippen molar-refractivity contribution in [2.24, 2.45) is 0 Å². The topological polar surface area (TPSA) is 92.7 Å². The highest BCUT2D eigenvalue weighted by Gasteiger charge is 2.34. The van der Waals surface area contributed by atoms with Gasteiger partial charge in [-0.2, -0.15) is 0 Å². The monoisotopic (exact) mass is 482 g/mol. The molecule has 0 aliphatic rings. The van der Waals surface area contributed by atoms with Crippen LogP contribution in [0.3, 0.4) is 0 Å². The number of esters is 1. The summed E-state index contributed by atoms with van der Waals surface area (Å²) in [4.78, 5) is 12.8. The predicted octanol–water partition coefficient (Wildman–Crippen LogP) is 4.34. The van der Waals surface area contributed by atoms with E-state index >= 15 is 0 Å². The Hall–Kier alpha value is -3.91. The first-order chi connectivity index (χ1) is 17.0. The van der Waals surface area contributed by atoms with Crippen LogP contribution >= 0.6 is 0 Å². The van der Waals surface area contributed by atoms with Gasteiger partial charge in [-0.1, -0.05) is 42.5 Å². The number of para-hydroxylation sites is 2.